The van der Waals surface area contributed by atoms with Crippen LogP contribution in [0.5, 0.6) is 0 Å². The van der Waals surface area contributed by atoms with Crippen LogP contribution in [-0.2, 0) is 24.2 Å². The molecular weight excluding hydrogens is 486 g/mol. The van der Waals surface area contributed by atoms with E-state index in [4.69, 9.17) is 0 Å². The first kappa shape index (κ1) is 24.7. The van der Waals surface area contributed by atoms with Gasteiger partial charge in [-0.25, -0.2) is 0 Å². The van der Waals surface area contributed by atoms with Crippen molar-refractivity contribution in [2.45, 2.75) is 31.8 Å². The van der Waals surface area contributed by atoms with Gasteiger partial charge in [0.2, 0.25) is 5.91 Å². The Kier molecular flexibility index (Phi) is 6.76. The number of fused-ring (bicyclic) bond motifs is 2. The molecule has 0 N–H and O–H groups in total. The van der Waals surface area contributed by atoms with E-state index in [2.05, 4.69) is 29.2 Å². The van der Waals surface area contributed by atoms with Gasteiger partial charge in [0.1, 0.15) is 6.54 Å². The van der Waals surface area contributed by atoms with Gasteiger partial charge in [0.25, 0.3) is 11.8 Å². The molecule has 0 saturated heterocycles. The number of hydrogen-bond donors (Lipinski definition) is 0. The van der Waals surface area contributed by atoms with Crippen molar-refractivity contribution in [3.8, 4) is 0 Å². The summed E-state index contributed by atoms with van der Waals surface area (Å²) in [5, 5.41) is 0. The van der Waals surface area contributed by atoms with Crippen LogP contribution >= 0.6 is 0 Å². The molecule has 2 heterocycles. The average Bonchev–Trinajstić information content (AvgIpc) is 3.22. The molecule has 6 rings (SSSR count). The molecule has 1 aliphatic carbocycles. The second-order valence-corrected chi connectivity index (χ2v) is 10.3. The number of rotatable bonds is 7. The van der Waals surface area contributed by atoms with Crippen LogP contribution < -0.4 is 0 Å². The molecule has 6 nitrogen and oxygen atoms in total. The van der Waals surface area contributed by atoms with E-state index in [1.807, 2.05) is 47.4 Å². The number of carbonyl (C=O) groups excluding carboxylic acids is 3. The van der Waals surface area contributed by atoms with Gasteiger partial charge in [0.05, 0.1) is 17.2 Å². The van der Waals surface area contributed by atoms with Crippen LogP contribution in [0, 0.1) is 5.92 Å². The zero-order valence-corrected chi connectivity index (χ0v) is 21.6. The summed E-state index contributed by atoms with van der Waals surface area (Å²) in [4.78, 5) is 47.6. The first-order valence-electron chi connectivity index (χ1n) is 13.4. The average molecular weight is 516 g/mol. The van der Waals surface area contributed by atoms with Gasteiger partial charge in [-0.1, -0.05) is 66.7 Å². The second-order valence-electron chi connectivity index (χ2n) is 10.3. The van der Waals surface area contributed by atoms with Gasteiger partial charge in [-0.05, 0) is 71.7 Å². The molecule has 2 aliphatic rings. The van der Waals surface area contributed by atoms with Crippen LogP contribution in [0.3, 0.4) is 0 Å². The number of aromatic nitrogens is 1. The normalized spacial score (nSPS) is 18.0. The van der Waals surface area contributed by atoms with E-state index in [1.165, 1.54) is 11.1 Å². The fourth-order valence-electron chi connectivity index (χ4n) is 5.99. The van der Waals surface area contributed by atoms with Gasteiger partial charge >= 0.3 is 0 Å². The van der Waals surface area contributed by atoms with Crippen molar-refractivity contribution in [2.24, 2.45) is 5.92 Å². The van der Waals surface area contributed by atoms with Crippen molar-refractivity contribution < 1.29 is 14.4 Å². The molecule has 0 fully saturated rings. The van der Waals surface area contributed by atoms with Crippen molar-refractivity contribution >= 4 is 17.7 Å². The lowest BCUT2D eigenvalue weighted by atomic mass is 9.76. The monoisotopic (exact) mass is 515 g/mol. The number of hydrogen-bond acceptors (Lipinski definition) is 4. The van der Waals surface area contributed by atoms with Crippen molar-refractivity contribution in [3.63, 3.8) is 0 Å². The predicted molar refractivity (Wildman–Crippen MR) is 148 cm³/mol. The number of aryl methyl sites for hydroxylation is 1. The summed E-state index contributed by atoms with van der Waals surface area (Å²) < 4.78 is 0. The summed E-state index contributed by atoms with van der Waals surface area (Å²) in [6.07, 6.45) is 6.15. The van der Waals surface area contributed by atoms with E-state index in [0.29, 0.717) is 17.7 Å². The Balaban J connectivity index is 1.38. The minimum Gasteiger partial charge on any atom is -0.329 e. The molecule has 2 atom stereocenters. The van der Waals surface area contributed by atoms with Gasteiger partial charge < -0.3 is 4.90 Å². The van der Waals surface area contributed by atoms with Gasteiger partial charge in [-0.15, -0.1) is 0 Å². The largest absolute Gasteiger partial charge is 0.329 e. The third-order valence-electron chi connectivity index (χ3n) is 7.88. The smallest absolute Gasteiger partial charge is 0.262 e. The molecule has 1 aromatic heterocycles. The first-order valence-corrected chi connectivity index (χ1v) is 13.4. The summed E-state index contributed by atoms with van der Waals surface area (Å²) in [7, 11) is 0. The summed E-state index contributed by atoms with van der Waals surface area (Å²) in [6.45, 7) is 0.0585. The molecule has 1 aliphatic heterocycles. The minimum atomic E-state index is -0.419. The molecule has 0 saturated carbocycles. The molecule has 194 valence electrons. The Morgan fingerprint density at radius 1 is 0.795 bits per heavy atom. The highest BCUT2D eigenvalue weighted by Crippen LogP contribution is 2.41. The molecule has 0 bridgehead atoms. The van der Waals surface area contributed by atoms with Crippen LogP contribution in [0.1, 0.15) is 55.4 Å². The Hall–Kier alpha value is -4.58. The maximum Gasteiger partial charge on any atom is 0.262 e. The highest BCUT2D eigenvalue weighted by molar-refractivity contribution is 6.22. The van der Waals surface area contributed by atoms with Crippen molar-refractivity contribution in [2.75, 3.05) is 6.54 Å². The van der Waals surface area contributed by atoms with Gasteiger partial charge in [-0.3, -0.25) is 24.3 Å². The fourth-order valence-corrected chi connectivity index (χ4v) is 5.99. The third-order valence-corrected chi connectivity index (χ3v) is 7.88. The molecule has 0 radical (unpaired) electrons. The lowest BCUT2D eigenvalue weighted by Gasteiger charge is -2.42. The minimum absolute atomic E-state index is 0.176. The molecular formula is C33H29N3O3. The quantitative estimate of drug-likeness (QED) is 0.315. The maximum atomic E-state index is 14.2. The predicted octanol–water partition coefficient (Wildman–Crippen LogP) is 5.25. The SMILES string of the molecule is O=C1c2ccccc2C(=O)N1CC(=O)N(Cc1ccncc1)[C@@H]1c2ccccc2CC[C@H]1Cc1ccccc1. The van der Waals surface area contributed by atoms with E-state index in [1.54, 1.807) is 36.7 Å². The summed E-state index contributed by atoms with van der Waals surface area (Å²) in [5.74, 6) is -0.910. The van der Waals surface area contributed by atoms with Crippen LogP contribution in [0.15, 0.2) is 103 Å². The molecule has 3 amide bonds. The Morgan fingerprint density at radius 3 is 2.15 bits per heavy atom. The standard InChI is InChI=1S/C33H29N3O3/c37-30(22-36-32(38)28-12-6-7-13-29(28)33(36)39)35(21-24-16-18-34-19-17-24)31-26(20-23-8-2-1-3-9-23)15-14-25-10-4-5-11-27(25)31/h1-13,16-19,26,31H,14-15,20-22H2/t26-,31-/m0/s1. The second kappa shape index (κ2) is 10.7. The van der Waals surface area contributed by atoms with Crippen LogP contribution in [0.4, 0.5) is 0 Å². The molecule has 4 aromatic rings. The summed E-state index contributed by atoms with van der Waals surface area (Å²) >= 11 is 0. The van der Waals surface area contributed by atoms with E-state index in [0.717, 1.165) is 35.3 Å². The van der Waals surface area contributed by atoms with E-state index >= 15 is 0 Å². The van der Waals surface area contributed by atoms with Crippen molar-refractivity contribution in [1.82, 2.24) is 14.8 Å². The number of benzene rings is 3. The molecule has 39 heavy (non-hydrogen) atoms. The number of carbonyl (C=O) groups is 3. The Labute approximate surface area is 227 Å². The highest BCUT2D eigenvalue weighted by atomic mass is 16.2. The van der Waals surface area contributed by atoms with E-state index in [9.17, 15) is 14.4 Å². The zero-order chi connectivity index (χ0) is 26.8. The Morgan fingerprint density at radius 2 is 1.44 bits per heavy atom. The fraction of sp³-hybridized carbons (Fsp3) is 0.212. The van der Waals surface area contributed by atoms with E-state index < -0.39 is 11.8 Å². The molecule has 3 aromatic carbocycles. The molecule has 0 unspecified atom stereocenters. The van der Waals surface area contributed by atoms with Crippen molar-refractivity contribution in [1.29, 1.82) is 0 Å². The summed E-state index contributed by atoms with van der Waals surface area (Å²) in [5.41, 5.74) is 5.24. The number of nitrogens with zero attached hydrogens (tertiary/aromatic N) is 3. The molecule has 6 heteroatoms. The lowest BCUT2D eigenvalue weighted by Crippen LogP contribution is -2.46. The Bertz CT molecular complexity index is 1480. The zero-order valence-electron chi connectivity index (χ0n) is 21.6. The third kappa shape index (κ3) is 4.86. The summed E-state index contributed by atoms with van der Waals surface area (Å²) in [6, 6.07) is 29.0. The van der Waals surface area contributed by atoms with E-state index in [-0.39, 0.29) is 24.4 Å². The number of amides is 3. The van der Waals surface area contributed by atoms with Crippen molar-refractivity contribution in [3.05, 3.63) is 137 Å². The first-order chi connectivity index (χ1) is 19.1. The van der Waals surface area contributed by atoms with Crippen LogP contribution in [0.25, 0.3) is 0 Å². The van der Waals surface area contributed by atoms with Crippen LogP contribution in [0.2, 0.25) is 0 Å². The molecule has 0 spiro atoms. The highest BCUT2D eigenvalue weighted by Gasteiger charge is 2.40. The number of pyridine rings is 1. The topological polar surface area (TPSA) is 70.6 Å². The van der Waals surface area contributed by atoms with Gasteiger partial charge in [0, 0.05) is 18.9 Å². The van der Waals surface area contributed by atoms with Gasteiger partial charge in [0.15, 0.2) is 0 Å². The van der Waals surface area contributed by atoms with Crippen LogP contribution in [-0.4, -0.2) is 39.1 Å². The number of imide groups is 1. The van der Waals surface area contributed by atoms with Gasteiger partial charge in [-0.2, -0.15) is 0 Å². The lowest BCUT2D eigenvalue weighted by molar-refractivity contribution is -0.136. The maximum absolute atomic E-state index is 14.2.